The Hall–Kier alpha value is -2.16. The quantitative estimate of drug-likeness (QED) is 0.619. The summed E-state index contributed by atoms with van der Waals surface area (Å²) in [7, 11) is 0. The third-order valence-electron chi connectivity index (χ3n) is 3.53. The zero-order valence-electron chi connectivity index (χ0n) is 18.4. The second-order valence-corrected chi connectivity index (χ2v) is 6.26. The van der Waals surface area contributed by atoms with Crippen molar-refractivity contribution in [2.24, 2.45) is 5.73 Å². The first kappa shape index (κ1) is 27.8. The van der Waals surface area contributed by atoms with Crippen LogP contribution in [0.4, 0.5) is 13.2 Å². The summed E-state index contributed by atoms with van der Waals surface area (Å²) in [4.78, 5) is 4.30. The molecule has 1 unspecified atom stereocenters. The first-order valence-electron chi connectivity index (χ1n) is 9.78. The van der Waals surface area contributed by atoms with Gasteiger partial charge < -0.3 is 19.6 Å². The molecule has 30 heavy (non-hydrogen) atoms. The predicted molar refractivity (Wildman–Crippen MR) is 113 cm³/mol. The molecule has 0 bridgehead atoms. The number of hydrogen-bond acceptors (Lipinski definition) is 5. The third-order valence-corrected chi connectivity index (χ3v) is 3.53. The molecule has 1 aromatic carbocycles. The van der Waals surface area contributed by atoms with Gasteiger partial charge in [0.15, 0.2) is 11.7 Å². The minimum atomic E-state index is -4.35. The topological polar surface area (TPSA) is 70.5 Å². The lowest BCUT2D eigenvalue weighted by molar-refractivity contribution is -0.138. The van der Waals surface area contributed by atoms with Gasteiger partial charge in [0.05, 0.1) is 24.7 Å². The van der Waals surface area contributed by atoms with Gasteiger partial charge in [0, 0.05) is 5.56 Å². The zero-order valence-corrected chi connectivity index (χ0v) is 18.4. The SMILES string of the molecule is C=C.CC.CC1(C)OCC(Cc2nc(-c3ccc(C(F)(F)F)cc3)co2)O1.CCN. The molecule has 2 aromatic rings. The molecule has 5 nitrogen and oxygen atoms in total. The first-order valence-corrected chi connectivity index (χ1v) is 9.78. The highest BCUT2D eigenvalue weighted by molar-refractivity contribution is 5.58. The second-order valence-electron chi connectivity index (χ2n) is 6.26. The Bertz CT molecular complexity index is 713. The first-order chi connectivity index (χ1) is 14.1. The summed E-state index contributed by atoms with van der Waals surface area (Å²) in [6.07, 6.45) is -2.62. The number of rotatable bonds is 3. The standard InChI is InChI=1S/C16H16F3NO3.C2H7N.C2H6.C2H4/c1-15(2)22-8-12(23-15)7-14-20-13(9-21-14)10-3-5-11(6-4-10)16(17,18)19;1-2-3;2*1-2/h3-6,9,12H,7-8H2,1-2H3;2-3H2,1H3;1-2H3;1-2H2. The van der Waals surface area contributed by atoms with Crippen molar-refractivity contribution in [3.8, 4) is 11.3 Å². The van der Waals surface area contributed by atoms with Crippen molar-refractivity contribution in [2.45, 2.75) is 59.1 Å². The van der Waals surface area contributed by atoms with Crippen LogP contribution in [0.5, 0.6) is 0 Å². The van der Waals surface area contributed by atoms with Crippen LogP contribution in [-0.4, -0.2) is 30.0 Å². The number of ether oxygens (including phenoxy) is 2. The summed E-state index contributed by atoms with van der Waals surface area (Å²) >= 11 is 0. The number of nitrogens with zero attached hydrogens (tertiary/aromatic N) is 1. The van der Waals surface area contributed by atoms with Crippen molar-refractivity contribution in [3.05, 3.63) is 55.1 Å². The highest BCUT2D eigenvalue weighted by atomic mass is 19.4. The fraction of sp³-hybridized carbons (Fsp3) is 0.500. The number of hydrogen-bond donors (Lipinski definition) is 1. The fourth-order valence-corrected chi connectivity index (χ4v) is 2.43. The average Bonchev–Trinajstić information content (AvgIpc) is 3.31. The van der Waals surface area contributed by atoms with Gasteiger partial charge in [-0.3, -0.25) is 0 Å². The summed E-state index contributed by atoms with van der Waals surface area (Å²) in [6.45, 7) is 16.8. The highest BCUT2D eigenvalue weighted by Crippen LogP contribution is 2.31. The van der Waals surface area contributed by atoms with Crippen molar-refractivity contribution in [1.82, 2.24) is 4.98 Å². The molecule has 2 heterocycles. The maximum Gasteiger partial charge on any atom is 0.416 e. The highest BCUT2D eigenvalue weighted by Gasteiger charge is 2.33. The zero-order chi connectivity index (χ0) is 23.4. The normalized spacial score (nSPS) is 16.9. The fourth-order valence-electron chi connectivity index (χ4n) is 2.43. The lowest BCUT2D eigenvalue weighted by Gasteiger charge is -2.16. The van der Waals surface area contributed by atoms with Gasteiger partial charge >= 0.3 is 6.18 Å². The molecule has 3 rings (SSSR count). The monoisotopic (exact) mass is 430 g/mol. The Balaban J connectivity index is 0.00000108. The Morgan fingerprint density at radius 3 is 2.13 bits per heavy atom. The Morgan fingerprint density at radius 1 is 1.17 bits per heavy atom. The van der Waals surface area contributed by atoms with E-state index in [0.29, 0.717) is 30.2 Å². The molecular formula is C22H33F3N2O3. The largest absolute Gasteiger partial charge is 0.448 e. The summed E-state index contributed by atoms with van der Waals surface area (Å²) in [5, 5.41) is 0. The summed E-state index contributed by atoms with van der Waals surface area (Å²) in [6, 6.07) is 4.81. The Kier molecular flexibility index (Phi) is 12.3. The van der Waals surface area contributed by atoms with Crippen LogP contribution in [-0.2, 0) is 22.1 Å². The van der Waals surface area contributed by atoms with Crippen LogP contribution in [0, 0.1) is 0 Å². The number of nitrogens with two attached hydrogens (primary N) is 1. The van der Waals surface area contributed by atoms with Gasteiger partial charge in [-0.15, -0.1) is 13.2 Å². The Labute approximate surface area is 177 Å². The van der Waals surface area contributed by atoms with E-state index in [0.717, 1.165) is 18.7 Å². The van der Waals surface area contributed by atoms with Gasteiger partial charge in [-0.1, -0.05) is 32.9 Å². The van der Waals surface area contributed by atoms with Crippen molar-refractivity contribution >= 4 is 0 Å². The molecule has 0 radical (unpaired) electrons. The van der Waals surface area contributed by atoms with Gasteiger partial charge in [0.2, 0.25) is 0 Å². The molecule has 1 aliphatic heterocycles. The van der Waals surface area contributed by atoms with E-state index in [4.69, 9.17) is 19.6 Å². The van der Waals surface area contributed by atoms with Crippen molar-refractivity contribution < 1.29 is 27.1 Å². The maximum atomic E-state index is 12.6. The lowest BCUT2D eigenvalue weighted by Crippen LogP contribution is -2.22. The van der Waals surface area contributed by atoms with E-state index < -0.39 is 17.5 Å². The van der Waals surface area contributed by atoms with Crippen molar-refractivity contribution in [3.63, 3.8) is 0 Å². The Morgan fingerprint density at radius 2 is 1.70 bits per heavy atom. The molecule has 1 atom stereocenters. The van der Waals surface area contributed by atoms with Crippen LogP contribution in [0.3, 0.4) is 0 Å². The van der Waals surface area contributed by atoms with Crippen LogP contribution in [0.15, 0.2) is 48.1 Å². The van der Waals surface area contributed by atoms with E-state index in [2.05, 4.69) is 18.1 Å². The molecule has 1 fully saturated rings. The molecule has 0 spiro atoms. The second kappa shape index (κ2) is 13.2. The minimum absolute atomic E-state index is 0.149. The third kappa shape index (κ3) is 9.11. The number of halogens is 3. The number of oxazole rings is 1. The molecule has 1 aliphatic rings. The van der Waals surface area contributed by atoms with Crippen LogP contribution < -0.4 is 5.73 Å². The number of alkyl halides is 3. The van der Waals surface area contributed by atoms with Crippen LogP contribution in [0.2, 0.25) is 0 Å². The summed E-state index contributed by atoms with van der Waals surface area (Å²) < 4.78 is 54.2. The van der Waals surface area contributed by atoms with E-state index in [1.807, 2.05) is 34.6 Å². The van der Waals surface area contributed by atoms with Gasteiger partial charge in [0.25, 0.3) is 0 Å². The van der Waals surface area contributed by atoms with Gasteiger partial charge in [-0.05, 0) is 32.5 Å². The smallest absolute Gasteiger partial charge is 0.416 e. The van der Waals surface area contributed by atoms with E-state index in [-0.39, 0.29) is 6.10 Å². The molecule has 0 saturated carbocycles. The van der Waals surface area contributed by atoms with Gasteiger partial charge in [-0.25, -0.2) is 4.98 Å². The molecule has 1 aromatic heterocycles. The molecule has 170 valence electrons. The summed E-state index contributed by atoms with van der Waals surface area (Å²) in [5.74, 6) is -0.153. The molecular weight excluding hydrogens is 397 g/mol. The van der Waals surface area contributed by atoms with Gasteiger partial charge in [0.1, 0.15) is 12.0 Å². The summed E-state index contributed by atoms with van der Waals surface area (Å²) in [5.41, 5.74) is 5.22. The van der Waals surface area contributed by atoms with Crippen molar-refractivity contribution in [1.29, 1.82) is 0 Å². The molecule has 8 heteroatoms. The lowest BCUT2D eigenvalue weighted by atomic mass is 10.1. The minimum Gasteiger partial charge on any atom is -0.448 e. The number of aromatic nitrogens is 1. The number of benzene rings is 1. The van der Waals surface area contributed by atoms with Crippen molar-refractivity contribution in [2.75, 3.05) is 13.2 Å². The average molecular weight is 431 g/mol. The van der Waals surface area contributed by atoms with E-state index in [9.17, 15) is 13.2 Å². The van der Waals surface area contributed by atoms with E-state index >= 15 is 0 Å². The molecule has 1 saturated heterocycles. The molecule has 0 aliphatic carbocycles. The molecule has 0 amide bonds. The van der Waals surface area contributed by atoms with Gasteiger partial charge in [-0.2, -0.15) is 13.2 Å². The van der Waals surface area contributed by atoms with Crippen LogP contribution in [0.25, 0.3) is 11.3 Å². The van der Waals surface area contributed by atoms with Crippen LogP contribution >= 0.6 is 0 Å². The predicted octanol–water partition coefficient (Wildman–Crippen LogP) is 5.85. The van der Waals surface area contributed by atoms with Crippen LogP contribution in [0.1, 0.15) is 46.1 Å². The van der Waals surface area contributed by atoms with E-state index in [1.165, 1.54) is 18.4 Å². The van der Waals surface area contributed by atoms with E-state index in [1.54, 1.807) is 0 Å². The molecule has 2 N–H and O–H groups in total. The maximum absolute atomic E-state index is 12.6.